The highest BCUT2D eigenvalue weighted by molar-refractivity contribution is 6.24. The van der Waals surface area contributed by atoms with Gasteiger partial charge in [0, 0.05) is 33.3 Å². The number of carbonyl (C=O) groups is 3. The van der Waals surface area contributed by atoms with E-state index < -0.39 is 29.8 Å². The van der Waals surface area contributed by atoms with Crippen molar-refractivity contribution < 1.29 is 33.6 Å². The first-order valence-corrected chi connectivity index (χ1v) is 11.6. The van der Waals surface area contributed by atoms with E-state index in [9.17, 15) is 19.5 Å². The molecule has 1 aromatic carbocycles. The van der Waals surface area contributed by atoms with Crippen LogP contribution in [-0.4, -0.2) is 99.0 Å². The normalized spacial score (nSPS) is 27.4. The van der Waals surface area contributed by atoms with Crippen LogP contribution in [0, 0.1) is 11.8 Å². The average molecular weight is 472 g/mol. The highest BCUT2D eigenvalue weighted by Crippen LogP contribution is 2.45. The van der Waals surface area contributed by atoms with Crippen molar-refractivity contribution >= 4 is 25.5 Å². The molecule has 5 atom stereocenters. The van der Waals surface area contributed by atoms with E-state index in [-0.39, 0.29) is 24.5 Å². The van der Waals surface area contributed by atoms with E-state index in [1.165, 1.54) is 14.7 Å². The molecule has 3 aliphatic heterocycles. The lowest BCUT2D eigenvalue weighted by atomic mass is 9.78. The van der Waals surface area contributed by atoms with Gasteiger partial charge in [-0.2, -0.15) is 0 Å². The van der Waals surface area contributed by atoms with E-state index in [2.05, 4.69) is 10.1 Å². The number of ether oxygens (including phenoxy) is 2. The van der Waals surface area contributed by atoms with Gasteiger partial charge >= 0.3 is 19.6 Å². The second-order valence-corrected chi connectivity index (χ2v) is 9.15. The monoisotopic (exact) mass is 472 g/mol. The Morgan fingerprint density at radius 1 is 1.12 bits per heavy atom. The van der Waals surface area contributed by atoms with Gasteiger partial charge in [0.25, 0.3) is 0 Å². The predicted octanol–water partition coefficient (Wildman–Crippen LogP) is -0.0745. The molecule has 1 amide bonds. The molecule has 3 heterocycles. The molecule has 3 unspecified atom stereocenters. The third kappa shape index (κ3) is 5.43. The number of piperazine rings is 1. The summed E-state index contributed by atoms with van der Waals surface area (Å²) >= 11 is 0. The minimum absolute atomic E-state index is 0.0160. The number of carboxylic acid groups (broad SMARTS) is 1. The van der Waals surface area contributed by atoms with Crippen molar-refractivity contribution in [2.45, 2.75) is 37.5 Å². The minimum Gasteiger partial charge on any atom is -0.480 e. The van der Waals surface area contributed by atoms with E-state index in [4.69, 9.17) is 14.1 Å². The number of fused-ring (bicyclic) bond motifs is 2. The van der Waals surface area contributed by atoms with Crippen molar-refractivity contribution in [3.63, 3.8) is 0 Å². The van der Waals surface area contributed by atoms with Gasteiger partial charge in [-0.1, -0.05) is 12.1 Å². The number of hydrogen-bond acceptors (Lipinski definition) is 8. The van der Waals surface area contributed by atoms with Crippen LogP contribution in [0.25, 0.3) is 0 Å². The van der Waals surface area contributed by atoms with Crippen LogP contribution in [0.4, 0.5) is 0 Å². The standard InChI is InChI=1S/C23H31BN3O7/c1-26-9-11-27(12-10-26)21(28)19-17-7-8-18(34-17)20(19)23(31)33-15-5-3-14(4-6-15)13-16(22(29)30)25-24-32-2/h3-6,16-20,25H,7-13H2,1-2H3,(H,29,30)/t16?,17-,18+,19?,20?/m0/s1. The van der Waals surface area contributed by atoms with Gasteiger partial charge in [-0.25, -0.2) is 0 Å². The predicted molar refractivity (Wildman–Crippen MR) is 122 cm³/mol. The summed E-state index contributed by atoms with van der Waals surface area (Å²) in [5, 5.41) is 12.0. The number of nitrogens with zero attached hydrogens (tertiary/aromatic N) is 2. The quantitative estimate of drug-likeness (QED) is 0.289. The molecular formula is C23H31BN3O7. The van der Waals surface area contributed by atoms with Crippen molar-refractivity contribution in [3.8, 4) is 5.75 Å². The van der Waals surface area contributed by atoms with Crippen LogP contribution in [-0.2, 0) is 30.2 Å². The van der Waals surface area contributed by atoms with Crippen LogP contribution in [0.1, 0.15) is 18.4 Å². The summed E-state index contributed by atoms with van der Waals surface area (Å²) < 4.78 is 16.4. The lowest BCUT2D eigenvalue weighted by molar-refractivity contribution is -0.149. The second-order valence-electron chi connectivity index (χ2n) is 9.15. The minimum atomic E-state index is -1.00. The molecule has 11 heteroatoms. The third-order valence-corrected chi connectivity index (χ3v) is 6.91. The number of likely N-dealkylation sites (N-methyl/N-ethyl adjacent to an activating group) is 1. The topological polar surface area (TPSA) is 118 Å². The number of carbonyl (C=O) groups excluding carboxylic acids is 2. The Labute approximate surface area is 199 Å². The molecule has 0 aromatic heterocycles. The molecular weight excluding hydrogens is 441 g/mol. The highest BCUT2D eigenvalue weighted by atomic mass is 16.5. The van der Waals surface area contributed by atoms with E-state index in [0.717, 1.165) is 31.5 Å². The van der Waals surface area contributed by atoms with Crippen molar-refractivity contribution in [3.05, 3.63) is 29.8 Å². The third-order valence-electron chi connectivity index (χ3n) is 6.91. The second kappa shape index (κ2) is 10.9. The van der Waals surface area contributed by atoms with Crippen molar-refractivity contribution in [2.24, 2.45) is 11.8 Å². The summed E-state index contributed by atoms with van der Waals surface area (Å²) in [5.74, 6) is -2.24. The Morgan fingerprint density at radius 3 is 2.38 bits per heavy atom. The number of aliphatic carboxylic acids is 1. The van der Waals surface area contributed by atoms with Gasteiger partial charge in [0.1, 0.15) is 11.8 Å². The maximum Gasteiger partial charge on any atom is 0.396 e. The Balaban J connectivity index is 1.39. The molecule has 3 saturated heterocycles. The SMILES string of the molecule is CO[B]NC(Cc1ccc(OC(=O)C2C(C(=O)N3CCN(C)CC3)[C@@H]3CC[C@H]2O3)cc1)C(=O)O. The molecule has 1 aromatic rings. The maximum absolute atomic E-state index is 13.3. The molecule has 10 nitrogen and oxygen atoms in total. The van der Waals surface area contributed by atoms with Gasteiger partial charge < -0.3 is 34.3 Å². The van der Waals surface area contributed by atoms with E-state index in [1.807, 2.05) is 11.9 Å². The Kier molecular flexibility index (Phi) is 7.87. The van der Waals surface area contributed by atoms with Gasteiger partial charge in [-0.15, -0.1) is 0 Å². The largest absolute Gasteiger partial charge is 0.480 e. The van der Waals surface area contributed by atoms with Gasteiger partial charge in [0.2, 0.25) is 5.91 Å². The fourth-order valence-electron chi connectivity index (χ4n) is 5.01. The molecule has 3 aliphatic rings. The molecule has 3 fully saturated rings. The number of nitrogens with one attached hydrogen (secondary N) is 1. The molecule has 183 valence electrons. The Morgan fingerprint density at radius 2 is 1.76 bits per heavy atom. The van der Waals surface area contributed by atoms with E-state index in [0.29, 0.717) is 18.8 Å². The number of esters is 1. The van der Waals surface area contributed by atoms with Gasteiger partial charge in [0.05, 0.1) is 24.0 Å². The van der Waals surface area contributed by atoms with Crippen molar-refractivity contribution in [1.29, 1.82) is 0 Å². The van der Waals surface area contributed by atoms with Crippen molar-refractivity contribution in [2.75, 3.05) is 40.3 Å². The average Bonchev–Trinajstić information content (AvgIpc) is 3.44. The molecule has 0 spiro atoms. The molecule has 0 saturated carbocycles. The lowest BCUT2D eigenvalue weighted by Gasteiger charge is -2.36. The van der Waals surface area contributed by atoms with Crippen LogP contribution >= 0.6 is 0 Å². The summed E-state index contributed by atoms with van der Waals surface area (Å²) in [4.78, 5) is 41.9. The van der Waals surface area contributed by atoms with Crippen molar-refractivity contribution in [1.82, 2.24) is 15.0 Å². The molecule has 2 N–H and O–H groups in total. The maximum atomic E-state index is 13.3. The molecule has 2 bridgehead atoms. The van der Waals surface area contributed by atoms with Crippen LogP contribution in [0.2, 0.25) is 0 Å². The number of benzene rings is 1. The smallest absolute Gasteiger partial charge is 0.396 e. The Bertz CT molecular complexity index is 891. The number of hydrogen-bond donors (Lipinski definition) is 2. The summed E-state index contributed by atoms with van der Waals surface area (Å²) in [6, 6.07) is 5.87. The summed E-state index contributed by atoms with van der Waals surface area (Å²) in [6.45, 7) is 2.94. The summed E-state index contributed by atoms with van der Waals surface area (Å²) in [7, 11) is 4.69. The first-order valence-electron chi connectivity index (χ1n) is 11.6. The number of amides is 1. The summed E-state index contributed by atoms with van der Waals surface area (Å²) in [6.07, 6.45) is 1.23. The highest BCUT2D eigenvalue weighted by Gasteiger charge is 2.57. The van der Waals surface area contributed by atoms with Crippen LogP contribution in [0.15, 0.2) is 24.3 Å². The van der Waals surface area contributed by atoms with Gasteiger partial charge in [-0.05, 0) is 44.0 Å². The number of carboxylic acids is 1. The van der Waals surface area contributed by atoms with E-state index in [1.54, 1.807) is 24.3 Å². The van der Waals surface area contributed by atoms with Gasteiger partial charge in [-0.3, -0.25) is 14.4 Å². The fraction of sp³-hybridized carbons (Fsp3) is 0.609. The van der Waals surface area contributed by atoms with Crippen LogP contribution < -0.4 is 9.96 Å². The zero-order valence-electron chi connectivity index (χ0n) is 19.5. The molecule has 1 radical (unpaired) electrons. The summed E-state index contributed by atoms with van der Waals surface area (Å²) in [5.41, 5.74) is 0.760. The van der Waals surface area contributed by atoms with Gasteiger partial charge in [0.15, 0.2) is 0 Å². The Hall–Kier alpha value is -2.47. The van der Waals surface area contributed by atoms with Crippen LogP contribution in [0.3, 0.4) is 0 Å². The molecule has 34 heavy (non-hydrogen) atoms. The molecule has 4 rings (SSSR count). The van der Waals surface area contributed by atoms with Crippen LogP contribution in [0.5, 0.6) is 5.75 Å². The lowest BCUT2D eigenvalue weighted by Crippen LogP contribution is -2.52. The number of rotatable bonds is 9. The first-order chi connectivity index (χ1) is 16.4. The zero-order chi connectivity index (χ0) is 24.2. The zero-order valence-corrected chi connectivity index (χ0v) is 19.5. The molecule has 0 aliphatic carbocycles. The first kappa shape index (κ1) is 24.7. The van der Waals surface area contributed by atoms with E-state index >= 15 is 0 Å². The fourth-order valence-corrected chi connectivity index (χ4v) is 5.01.